The van der Waals surface area contributed by atoms with Gasteiger partial charge in [0.1, 0.15) is 6.61 Å². The van der Waals surface area contributed by atoms with Crippen molar-refractivity contribution in [2.75, 3.05) is 26.5 Å². The fourth-order valence-electron chi connectivity index (χ4n) is 0.700. The van der Waals surface area contributed by atoms with Crippen LogP contribution < -0.4 is 5.32 Å². The van der Waals surface area contributed by atoms with E-state index in [4.69, 9.17) is 9.47 Å². The maximum Gasteiger partial charge on any atom is 0.333 e. The van der Waals surface area contributed by atoms with Gasteiger partial charge in [-0.25, -0.2) is 4.79 Å². The molecule has 0 atom stereocenters. The molecule has 0 heterocycles. The van der Waals surface area contributed by atoms with E-state index in [1.807, 2.05) is 0 Å². The summed E-state index contributed by atoms with van der Waals surface area (Å²) in [5, 5.41) is 2.99. The molecule has 1 N–H and O–H groups in total. The maximum atomic E-state index is 10.9. The van der Waals surface area contributed by atoms with Crippen LogP contribution in [0, 0.1) is 0 Å². The molecule has 0 aromatic carbocycles. The third-order valence-corrected chi connectivity index (χ3v) is 1.41. The zero-order chi connectivity index (χ0) is 10.8. The molecule has 0 aromatic rings. The van der Waals surface area contributed by atoms with Crippen LogP contribution in [0.2, 0.25) is 0 Å². The van der Waals surface area contributed by atoms with Crippen LogP contribution in [-0.2, 0) is 14.3 Å². The second-order valence-corrected chi connectivity index (χ2v) is 2.97. The molecule has 0 fully saturated rings. The Morgan fingerprint density at radius 3 is 2.71 bits per heavy atom. The third-order valence-electron chi connectivity index (χ3n) is 1.41. The van der Waals surface area contributed by atoms with Gasteiger partial charge in [-0.1, -0.05) is 13.5 Å². The molecule has 0 radical (unpaired) electrons. The van der Waals surface area contributed by atoms with E-state index in [-0.39, 0.29) is 5.97 Å². The lowest BCUT2D eigenvalue weighted by Crippen LogP contribution is -2.24. The van der Waals surface area contributed by atoms with Crippen LogP contribution >= 0.6 is 0 Å². The van der Waals surface area contributed by atoms with Crippen LogP contribution in [0.15, 0.2) is 12.2 Å². The number of ether oxygens (including phenoxy) is 2. The van der Waals surface area contributed by atoms with E-state index in [0.29, 0.717) is 25.5 Å². The summed E-state index contributed by atoms with van der Waals surface area (Å²) in [6.07, 6.45) is 1.01. The Labute approximate surface area is 85.3 Å². The molecular weight excluding hydrogens is 182 g/mol. The van der Waals surface area contributed by atoms with Crippen molar-refractivity contribution in [3.8, 4) is 0 Å². The van der Waals surface area contributed by atoms with Gasteiger partial charge in [0.05, 0.1) is 6.73 Å². The predicted octanol–water partition coefficient (Wildman–Crippen LogP) is 1.08. The standard InChI is InChI=1S/C10H19NO3/c1-4-6-13-8-11-5-7-14-10(12)9(2)3/h11H,2,4-8H2,1,3H3. The molecule has 0 amide bonds. The third kappa shape index (κ3) is 7.76. The number of rotatable bonds is 8. The van der Waals surface area contributed by atoms with Crippen molar-refractivity contribution in [1.29, 1.82) is 0 Å². The number of nitrogens with one attached hydrogen (secondary N) is 1. The molecule has 0 aliphatic rings. The van der Waals surface area contributed by atoms with E-state index in [1.165, 1.54) is 0 Å². The second kappa shape index (κ2) is 8.72. The van der Waals surface area contributed by atoms with E-state index in [9.17, 15) is 4.79 Å². The number of carbonyl (C=O) groups is 1. The minimum Gasteiger partial charge on any atom is -0.461 e. The first-order valence-corrected chi connectivity index (χ1v) is 4.79. The van der Waals surface area contributed by atoms with Gasteiger partial charge in [-0.2, -0.15) is 0 Å². The van der Waals surface area contributed by atoms with Gasteiger partial charge in [0.2, 0.25) is 0 Å². The molecule has 0 aliphatic carbocycles. The molecule has 0 aliphatic heterocycles. The van der Waals surface area contributed by atoms with Crippen LogP contribution in [0.1, 0.15) is 20.3 Å². The van der Waals surface area contributed by atoms with E-state index in [1.54, 1.807) is 6.92 Å². The first kappa shape index (κ1) is 13.1. The highest BCUT2D eigenvalue weighted by Crippen LogP contribution is 1.90. The largest absolute Gasteiger partial charge is 0.461 e. The van der Waals surface area contributed by atoms with Crippen molar-refractivity contribution in [3.05, 3.63) is 12.2 Å². The maximum absolute atomic E-state index is 10.9. The monoisotopic (exact) mass is 201 g/mol. The quantitative estimate of drug-likeness (QED) is 0.276. The number of carbonyl (C=O) groups excluding carboxylic acids is 1. The van der Waals surface area contributed by atoms with E-state index >= 15 is 0 Å². The van der Waals surface area contributed by atoms with Crippen molar-refractivity contribution in [2.24, 2.45) is 0 Å². The molecule has 0 saturated carbocycles. The van der Waals surface area contributed by atoms with Gasteiger partial charge in [0.25, 0.3) is 0 Å². The molecule has 4 heteroatoms. The Morgan fingerprint density at radius 1 is 1.43 bits per heavy atom. The van der Waals surface area contributed by atoms with Gasteiger partial charge in [0.15, 0.2) is 0 Å². The average Bonchev–Trinajstić information content (AvgIpc) is 2.16. The summed E-state index contributed by atoms with van der Waals surface area (Å²) in [7, 11) is 0. The second-order valence-electron chi connectivity index (χ2n) is 2.97. The van der Waals surface area contributed by atoms with Gasteiger partial charge < -0.3 is 9.47 Å². The number of hydrogen-bond acceptors (Lipinski definition) is 4. The highest BCUT2D eigenvalue weighted by Gasteiger charge is 2.00. The Morgan fingerprint density at radius 2 is 2.14 bits per heavy atom. The first-order valence-electron chi connectivity index (χ1n) is 4.79. The van der Waals surface area contributed by atoms with Gasteiger partial charge in [-0.05, 0) is 13.3 Å². The lowest BCUT2D eigenvalue weighted by molar-refractivity contribution is -0.138. The summed E-state index contributed by atoms with van der Waals surface area (Å²) in [6.45, 7) is 9.35. The Bertz CT molecular complexity index is 180. The summed E-state index contributed by atoms with van der Waals surface area (Å²) in [5.41, 5.74) is 0.423. The first-order chi connectivity index (χ1) is 6.68. The van der Waals surface area contributed by atoms with Crippen molar-refractivity contribution in [3.63, 3.8) is 0 Å². The highest BCUT2D eigenvalue weighted by molar-refractivity contribution is 5.86. The SMILES string of the molecule is C=C(C)C(=O)OCCNCOCCC. The molecule has 0 bridgehead atoms. The molecular formula is C10H19NO3. The predicted molar refractivity (Wildman–Crippen MR) is 54.9 cm³/mol. The summed E-state index contributed by atoms with van der Waals surface area (Å²) in [4.78, 5) is 10.9. The fraction of sp³-hybridized carbons (Fsp3) is 0.700. The minimum atomic E-state index is -0.346. The van der Waals surface area contributed by atoms with Gasteiger partial charge >= 0.3 is 5.97 Å². The van der Waals surface area contributed by atoms with Crippen LogP contribution in [0.4, 0.5) is 0 Å². The van der Waals surface area contributed by atoms with E-state index in [0.717, 1.165) is 13.0 Å². The van der Waals surface area contributed by atoms with Crippen molar-refractivity contribution in [2.45, 2.75) is 20.3 Å². The molecule has 82 valence electrons. The highest BCUT2D eigenvalue weighted by atomic mass is 16.5. The molecule has 14 heavy (non-hydrogen) atoms. The zero-order valence-corrected chi connectivity index (χ0v) is 8.97. The molecule has 0 aromatic heterocycles. The topological polar surface area (TPSA) is 47.6 Å². The van der Waals surface area contributed by atoms with Gasteiger partial charge in [-0.3, -0.25) is 5.32 Å². The lowest BCUT2D eigenvalue weighted by Gasteiger charge is -2.06. The number of esters is 1. The summed E-state index contributed by atoms with van der Waals surface area (Å²) < 4.78 is 10.0. The smallest absolute Gasteiger partial charge is 0.333 e. The summed E-state index contributed by atoms with van der Waals surface area (Å²) >= 11 is 0. The van der Waals surface area contributed by atoms with Crippen molar-refractivity contribution < 1.29 is 14.3 Å². The minimum absolute atomic E-state index is 0.346. The van der Waals surface area contributed by atoms with Crippen molar-refractivity contribution >= 4 is 5.97 Å². The fourth-order valence-corrected chi connectivity index (χ4v) is 0.700. The summed E-state index contributed by atoms with van der Waals surface area (Å²) in [5.74, 6) is -0.346. The van der Waals surface area contributed by atoms with Gasteiger partial charge in [-0.15, -0.1) is 0 Å². The van der Waals surface area contributed by atoms with Gasteiger partial charge in [0, 0.05) is 18.7 Å². The summed E-state index contributed by atoms with van der Waals surface area (Å²) in [6, 6.07) is 0. The number of hydrogen-bond donors (Lipinski definition) is 1. The zero-order valence-electron chi connectivity index (χ0n) is 8.97. The average molecular weight is 201 g/mol. The molecule has 0 unspecified atom stereocenters. The van der Waals surface area contributed by atoms with E-state index in [2.05, 4.69) is 18.8 Å². The molecule has 0 rings (SSSR count). The molecule has 0 saturated heterocycles. The Hall–Kier alpha value is -0.870. The normalized spacial score (nSPS) is 9.86. The van der Waals surface area contributed by atoms with Crippen LogP contribution in [-0.4, -0.2) is 32.5 Å². The Balaban J connectivity index is 3.13. The van der Waals surface area contributed by atoms with Crippen LogP contribution in [0.5, 0.6) is 0 Å². The Kier molecular flexibility index (Phi) is 8.17. The van der Waals surface area contributed by atoms with Crippen LogP contribution in [0.25, 0.3) is 0 Å². The molecule has 0 spiro atoms. The van der Waals surface area contributed by atoms with Crippen molar-refractivity contribution in [1.82, 2.24) is 5.32 Å². The lowest BCUT2D eigenvalue weighted by atomic mass is 10.4. The molecule has 4 nitrogen and oxygen atoms in total. The van der Waals surface area contributed by atoms with E-state index < -0.39 is 0 Å². The van der Waals surface area contributed by atoms with Crippen LogP contribution in [0.3, 0.4) is 0 Å².